The number of para-hydroxylation sites is 1. The van der Waals surface area contributed by atoms with Gasteiger partial charge in [-0.05, 0) is 84.5 Å². The summed E-state index contributed by atoms with van der Waals surface area (Å²) in [5.41, 5.74) is 5.58. The number of fused-ring (bicyclic) bond motifs is 1. The number of rotatable bonds is 4. The minimum absolute atomic E-state index is 0.152. The molecule has 1 aromatic heterocycles. The fraction of sp³-hybridized carbons (Fsp3) is 0.276. The summed E-state index contributed by atoms with van der Waals surface area (Å²) in [6.07, 6.45) is 8.54. The van der Waals surface area contributed by atoms with Crippen LogP contribution in [0, 0.1) is 5.92 Å². The van der Waals surface area contributed by atoms with Crippen LogP contribution in [0.4, 0.5) is 10.5 Å². The van der Waals surface area contributed by atoms with Crippen molar-refractivity contribution in [3.05, 3.63) is 90.6 Å². The molecule has 162 valence electrons. The smallest absolute Gasteiger partial charge is 0.307 e. The first kappa shape index (κ1) is 20.6. The summed E-state index contributed by atoms with van der Waals surface area (Å²) in [6.45, 7) is 2.32. The average molecular weight is 423 g/mol. The van der Waals surface area contributed by atoms with Crippen molar-refractivity contribution in [2.45, 2.75) is 44.9 Å². The molecule has 1 fully saturated rings. The second kappa shape index (κ2) is 9.04. The molecule has 1 heterocycles. The minimum Gasteiger partial charge on any atom is -0.307 e. The van der Waals surface area contributed by atoms with E-state index in [1.165, 1.54) is 48.8 Å². The molecule has 0 aliphatic heterocycles. The van der Waals surface area contributed by atoms with Gasteiger partial charge in [0.25, 0.3) is 0 Å². The first-order valence-corrected chi connectivity index (χ1v) is 11.8. The Morgan fingerprint density at radius 3 is 2.31 bits per heavy atom. The maximum absolute atomic E-state index is 12.7. The van der Waals surface area contributed by atoms with Crippen LogP contribution in [0.3, 0.4) is 0 Å². The number of hydrogen-bond donors (Lipinski definition) is 1. The predicted molar refractivity (Wildman–Crippen MR) is 133 cm³/mol. The van der Waals surface area contributed by atoms with Gasteiger partial charge in [-0.2, -0.15) is 0 Å². The van der Waals surface area contributed by atoms with Gasteiger partial charge in [0.15, 0.2) is 0 Å². The SMILES string of the molecule is CCC1CCC(c2ccc(-c3ccc4c(ccn4C(=O)Nc4ccccc4)c3)cc2)CC1. The molecule has 0 radical (unpaired) electrons. The van der Waals surface area contributed by atoms with Crippen LogP contribution in [0.5, 0.6) is 0 Å². The van der Waals surface area contributed by atoms with Gasteiger partial charge in [0.1, 0.15) is 0 Å². The molecule has 1 saturated carbocycles. The van der Waals surface area contributed by atoms with Crippen LogP contribution in [-0.4, -0.2) is 10.6 Å². The quantitative estimate of drug-likeness (QED) is 0.354. The van der Waals surface area contributed by atoms with E-state index >= 15 is 0 Å². The highest BCUT2D eigenvalue weighted by atomic mass is 16.2. The van der Waals surface area contributed by atoms with Crippen molar-refractivity contribution in [1.82, 2.24) is 4.57 Å². The maximum atomic E-state index is 12.7. The highest BCUT2D eigenvalue weighted by molar-refractivity contribution is 5.99. The van der Waals surface area contributed by atoms with E-state index in [2.05, 4.69) is 48.6 Å². The predicted octanol–water partition coefficient (Wildman–Crippen LogP) is 8.07. The van der Waals surface area contributed by atoms with Gasteiger partial charge in [-0.3, -0.25) is 4.57 Å². The Morgan fingerprint density at radius 2 is 1.59 bits per heavy atom. The molecule has 1 aliphatic rings. The van der Waals surface area contributed by atoms with E-state index in [9.17, 15) is 4.79 Å². The molecule has 3 aromatic carbocycles. The molecule has 5 rings (SSSR count). The van der Waals surface area contributed by atoms with E-state index in [0.717, 1.165) is 22.5 Å². The zero-order valence-electron chi connectivity index (χ0n) is 18.6. The molecule has 0 bridgehead atoms. The third-order valence-corrected chi connectivity index (χ3v) is 7.07. The van der Waals surface area contributed by atoms with Crippen molar-refractivity contribution >= 4 is 22.6 Å². The Balaban J connectivity index is 1.33. The van der Waals surface area contributed by atoms with Gasteiger partial charge in [0.05, 0.1) is 5.52 Å². The lowest BCUT2D eigenvalue weighted by Crippen LogP contribution is -2.18. The van der Waals surface area contributed by atoms with Crippen molar-refractivity contribution in [2.24, 2.45) is 5.92 Å². The van der Waals surface area contributed by atoms with E-state index in [1.807, 2.05) is 48.7 Å². The van der Waals surface area contributed by atoms with Gasteiger partial charge in [0, 0.05) is 17.3 Å². The van der Waals surface area contributed by atoms with Gasteiger partial charge in [-0.15, -0.1) is 0 Å². The molecule has 1 aliphatic carbocycles. The largest absolute Gasteiger partial charge is 0.330 e. The zero-order valence-corrected chi connectivity index (χ0v) is 18.6. The Bertz CT molecular complexity index is 1200. The first-order valence-electron chi connectivity index (χ1n) is 11.8. The van der Waals surface area contributed by atoms with E-state index in [0.29, 0.717) is 5.92 Å². The number of aromatic nitrogens is 1. The molecular weight excluding hydrogens is 392 g/mol. The average Bonchev–Trinajstić information content (AvgIpc) is 3.28. The van der Waals surface area contributed by atoms with E-state index < -0.39 is 0 Å². The van der Waals surface area contributed by atoms with Crippen molar-refractivity contribution in [3.8, 4) is 11.1 Å². The number of benzene rings is 3. The molecule has 0 saturated heterocycles. The summed E-state index contributed by atoms with van der Waals surface area (Å²) in [7, 11) is 0. The summed E-state index contributed by atoms with van der Waals surface area (Å²) >= 11 is 0. The highest BCUT2D eigenvalue weighted by Crippen LogP contribution is 2.37. The van der Waals surface area contributed by atoms with Crippen LogP contribution in [-0.2, 0) is 0 Å². The fourth-order valence-electron chi connectivity index (χ4n) is 5.06. The van der Waals surface area contributed by atoms with Gasteiger partial charge >= 0.3 is 6.03 Å². The second-order valence-corrected chi connectivity index (χ2v) is 9.00. The van der Waals surface area contributed by atoms with Crippen molar-refractivity contribution in [2.75, 3.05) is 5.32 Å². The lowest BCUT2D eigenvalue weighted by molar-refractivity contribution is 0.254. The van der Waals surface area contributed by atoms with Crippen LogP contribution in [0.25, 0.3) is 22.0 Å². The number of nitrogens with zero attached hydrogens (tertiary/aromatic N) is 1. The molecule has 0 atom stereocenters. The molecule has 0 unspecified atom stereocenters. The lowest BCUT2D eigenvalue weighted by atomic mass is 9.77. The van der Waals surface area contributed by atoms with Crippen LogP contribution in [0.2, 0.25) is 0 Å². The van der Waals surface area contributed by atoms with Crippen LogP contribution < -0.4 is 5.32 Å². The van der Waals surface area contributed by atoms with Crippen LogP contribution >= 0.6 is 0 Å². The Hall–Kier alpha value is -3.33. The number of hydrogen-bond acceptors (Lipinski definition) is 1. The Labute approximate surface area is 190 Å². The molecule has 1 N–H and O–H groups in total. The van der Waals surface area contributed by atoms with Crippen molar-refractivity contribution in [3.63, 3.8) is 0 Å². The highest BCUT2D eigenvalue weighted by Gasteiger charge is 2.21. The second-order valence-electron chi connectivity index (χ2n) is 9.00. The number of carbonyl (C=O) groups excluding carboxylic acids is 1. The topological polar surface area (TPSA) is 34.0 Å². The lowest BCUT2D eigenvalue weighted by Gasteiger charge is -2.28. The minimum atomic E-state index is -0.152. The fourth-order valence-corrected chi connectivity index (χ4v) is 5.06. The van der Waals surface area contributed by atoms with Crippen molar-refractivity contribution < 1.29 is 4.79 Å². The van der Waals surface area contributed by atoms with Crippen LogP contribution in [0.15, 0.2) is 85.1 Å². The van der Waals surface area contributed by atoms with Gasteiger partial charge in [0.2, 0.25) is 0 Å². The summed E-state index contributed by atoms with van der Waals surface area (Å²) < 4.78 is 1.67. The summed E-state index contributed by atoms with van der Waals surface area (Å²) in [5, 5.41) is 4.01. The van der Waals surface area contributed by atoms with Gasteiger partial charge < -0.3 is 5.32 Å². The molecular formula is C29H30N2O. The standard InChI is InChI=1S/C29H30N2O/c1-2-21-8-10-22(11-9-21)23-12-14-24(15-13-23)25-16-17-28-26(20-25)18-19-31(28)29(32)30-27-6-4-3-5-7-27/h3-7,12-22H,2,8-11H2,1H3,(H,30,32). The molecule has 1 amide bonds. The monoisotopic (exact) mass is 422 g/mol. The third-order valence-electron chi connectivity index (χ3n) is 7.07. The number of carbonyl (C=O) groups is 1. The molecule has 4 aromatic rings. The summed E-state index contributed by atoms with van der Waals surface area (Å²) in [5.74, 6) is 1.64. The van der Waals surface area contributed by atoms with Crippen LogP contribution in [0.1, 0.15) is 50.5 Å². The van der Waals surface area contributed by atoms with E-state index in [-0.39, 0.29) is 6.03 Å². The van der Waals surface area contributed by atoms with Gasteiger partial charge in [-0.25, -0.2) is 4.79 Å². The molecule has 3 heteroatoms. The Morgan fingerprint density at radius 1 is 0.875 bits per heavy atom. The summed E-state index contributed by atoms with van der Waals surface area (Å²) in [6, 6.07) is 26.8. The number of nitrogens with one attached hydrogen (secondary N) is 1. The number of amides is 1. The summed E-state index contributed by atoms with van der Waals surface area (Å²) in [4.78, 5) is 12.7. The molecule has 3 nitrogen and oxygen atoms in total. The van der Waals surface area contributed by atoms with Gasteiger partial charge in [-0.1, -0.05) is 61.9 Å². The maximum Gasteiger partial charge on any atom is 0.330 e. The molecule has 32 heavy (non-hydrogen) atoms. The van der Waals surface area contributed by atoms with E-state index in [1.54, 1.807) is 4.57 Å². The normalized spacial score (nSPS) is 18.5. The zero-order chi connectivity index (χ0) is 21.9. The van der Waals surface area contributed by atoms with E-state index in [4.69, 9.17) is 0 Å². The Kier molecular flexibility index (Phi) is 5.81. The molecule has 0 spiro atoms. The third kappa shape index (κ3) is 4.20. The first-order chi connectivity index (χ1) is 15.7. The number of anilines is 1. The van der Waals surface area contributed by atoms with Crippen molar-refractivity contribution in [1.29, 1.82) is 0 Å².